The molecule has 1 rings (SSSR count). The molecule has 4 nitrogen and oxygen atoms in total. The summed E-state index contributed by atoms with van der Waals surface area (Å²) in [5, 5.41) is 4.66. The lowest BCUT2D eigenvalue weighted by atomic mass is 10.5. The third kappa shape index (κ3) is 1.76. The van der Waals surface area contributed by atoms with Crippen molar-refractivity contribution >= 4 is 0 Å². The first-order chi connectivity index (χ1) is 5.00. The fraction of sp³-hybridized carbons (Fsp3) is 0.250. The summed E-state index contributed by atoms with van der Waals surface area (Å²) in [6.45, 7) is 0. The van der Waals surface area contributed by atoms with Crippen LogP contribution in [-0.2, 0) is 6.18 Å². The summed E-state index contributed by atoms with van der Waals surface area (Å²) < 4.78 is 35.1. The van der Waals surface area contributed by atoms with Crippen LogP contribution in [-0.4, -0.2) is 15.2 Å². The van der Waals surface area contributed by atoms with Crippen LogP contribution < -0.4 is 5.69 Å². The Morgan fingerprint density at radius 1 is 1.45 bits per heavy atom. The first-order valence-corrected chi connectivity index (χ1v) is 2.49. The minimum atomic E-state index is -4.61. The molecule has 0 spiro atoms. The Morgan fingerprint density at radius 3 is 2.45 bits per heavy atom. The van der Waals surface area contributed by atoms with Gasteiger partial charge in [-0.25, -0.2) is 9.89 Å². The fourth-order valence-corrected chi connectivity index (χ4v) is 0.448. The molecule has 1 aromatic heterocycles. The van der Waals surface area contributed by atoms with E-state index in [4.69, 9.17) is 0 Å². The number of alkyl halides is 3. The second kappa shape index (κ2) is 2.33. The third-order valence-electron chi connectivity index (χ3n) is 0.859. The number of hydrogen-bond acceptors (Lipinski definition) is 3. The van der Waals surface area contributed by atoms with Crippen molar-refractivity contribution < 1.29 is 13.2 Å². The quantitative estimate of drug-likeness (QED) is 0.596. The average Bonchev–Trinajstić information content (AvgIpc) is 1.86. The zero-order valence-corrected chi connectivity index (χ0v) is 5.01. The Hall–Kier alpha value is -1.40. The predicted molar refractivity (Wildman–Crippen MR) is 27.7 cm³/mol. The smallest absolute Gasteiger partial charge is 0.244 e. The molecule has 0 aromatic carbocycles. The SMILES string of the molecule is O=c1nc(C(F)(F)F)cn[nH]1. The van der Waals surface area contributed by atoms with Gasteiger partial charge in [-0.15, -0.1) is 0 Å². The van der Waals surface area contributed by atoms with Crippen molar-refractivity contribution in [3.63, 3.8) is 0 Å². The van der Waals surface area contributed by atoms with E-state index in [1.807, 2.05) is 0 Å². The Bertz CT molecular complexity index is 304. The van der Waals surface area contributed by atoms with Crippen molar-refractivity contribution in [1.29, 1.82) is 0 Å². The number of hydrogen-bond donors (Lipinski definition) is 1. The van der Waals surface area contributed by atoms with Crippen molar-refractivity contribution in [1.82, 2.24) is 15.2 Å². The molecule has 0 saturated heterocycles. The molecule has 0 saturated carbocycles. The van der Waals surface area contributed by atoms with Crippen LogP contribution in [0.1, 0.15) is 5.69 Å². The van der Waals surface area contributed by atoms with E-state index < -0.39 is 17.6 Å². The van der Waals surface area contributed by atoms with E-state index in [0.717, 1.165) is 0 Å². The van der Waals surface area contributed by atoms with Gasteiger partial charge in [0.05, 0.1) is 6.20 Å². The van der Waals surface area contributed by atoms with Gasteiger partial charge < -0.3 is 0 Å². The lowest BCUT2D eigenvalue weighted by Gasteiger charge is -2.01. The number of aromatic amines is 1. The summed E-state index contributed by atoms with van der Waals surface area (Å²) in [7, 11) is 0. The average molecular weight is 165 g/mol. The predicted octanol–water partition coefficient (Wildman–Crippen LogP) is 0.184. The Balaban J connectivity index is 3.16. The largest absolute Gasteiger partial charge is 0.435 e. The van der Waals surface area contributed by atoms with E-state index in [0.29, 0.717) is 6.20 Å². The maximum atomic E-state index is 11.7. The maximum absolute atomic E-state index is 11.7. The highest BCUT2D eigenvalue weighted by Gasteiger charge is 2.33. The minimum Gasteiger partial charge on any atom is -0.244 e. The van der Waals surface area contributed by atoms with E-state index in [-0.39, 0.29) is 0 Å². The number of aromatic nitrogens is 3. The van der Waals surface area contributed by atoms with Crippen LogP contribution in [0.2, 0.25) is 0 Å². The highest BCUT2D eigenvalue weighted by atomic mass is 19.4. The highest BCUT2D eigenvalue weighted by Crippen LogP contribution is 2.25. The molecule has 1 aromatic rings. The van der Waals surface area contributed by atoms with Crippen LogP contribution in [0.3, 0.4) is 0 Å². The molecular weight excluding hydrogens is 163 g/mol. The molecule has 0 unspecified atom stereocenters. The van der Waals surface area contributed by atoms with Crippen molar-refractivity contribution in [2.24, 2.45) is 0 Å². The summed E-state index contributed by atoms with van der Waals surface area (Å²) >= 11 is 0. The van der Waals surface area contributed by atoms with Gasteiger partial charge in [-0.3, -0.25) is 0 Å². The molecule has 60 valence electrons. The standard InChI is InChI=1S/C4H2F3N3O/c5-4(6,7)2-1-8-10-3(11)9-2/h1H,(H,9,10,11). The second-order valence-electron chi connectivity index (χ2n) is 1.67. The van der Waals surface area contributed by atoms with Crippen LogP contribution >= 0.6 is 0 Å². The maximum Gasteiger partial charge on any atom is 0.435 e. The number of nitrogens with one attached hydrogen (secondary N) is 1. The number of nitrogens with zero attached hydrogens (tertiary/aromatic N) is 2. The number of rotatable bonds is 0. The first-order valence-electron chi connectivity index (χ1n) is 2.49. The van der Waals surface area contributed by atoms with Gasteiger partial charge in [0.25, 0.3) is 0 Å². The van der Waals surface area contributed by atoms with Crippen molar-refractivity contribution in [3.8, 4) is 0 Å². The molecule has 11 heavy (non-hydrogen) atoms. The molecular formula is C4H2F3N3O. The van der Waals surface area contributed by atoms with Gasteiger partial charge in [0.1, 0.15) is 0 Å². The highest BCUT2D eigenvalue weighted by molar-refractivity contribution is 4.96. The van der Waals surface area contributed by atoms with Crippen molar-refractivity contribution in [2.45, 2.75) is 6.18 Å². The van der Waals surface area contributed by atoms with Gasteiger partial charge in [0, 0.05) is 0 Å². The molecule has 0 aliphatic rings. The molecule has 1 heterocycles. The minimum absolute atomic E-state index is 0.446. The summed E-state index contributed by atoms with van der Waals surface area (Å²) in [4.78, 5) is 12.9. The third-order valence-corrected chi connectivity index (χ3v) is 0.859. The summed E-state index contributed by atoms with van der Waals surface area (Å²) in [6, 6.07) is 0. The molecule has 0 aliphatic carbocycles. The zero-order valence-electron chi connectivity index (χ0n) is 5.01. The van der Waals surface area contributed by atoms with E-state index in [1.165, 1.54) is 0 Å². The van der Waals surface area contributed by atoms with Crippen LogP contribution in [0.25, 0.3) is 0 Å². The first kappa shape index (κ1) is 7.70. The van der Waals surface area contributed by atoms with Gasteiger partial charge in [-0.2, -0.15) is 23.3 Å². The van der Waals surface area contributed by atoms with Crippen LogP contribution in [0, 0.1) is 0 Å². The van der Waals surface area contributed by atoms with E-state index >= 15 is 0 Å². The normalized spacial score (nSPS) is 11.5. The molecule has 0 amide bonds. The number of halogens is 3. The zero-order chi connectivity index (χ0) is 8.48. The van der Waals surface area contributed by atoms with Crippen molar-refractivity contribution in [3.05, 3.63) is 22.4 Å². The molecule has 0 radical (unpaired) electrons. The van der Waals surface area contributed by atoms with E-state index in [2.05, 4.69) is 10.1 Å². The fourth-order valence-electron chi connectivity index (χ4n) is 0.448. The summed E-state index contributed by atoms with van der Waals surface area (Å²) in [6.07, 6.45) is -4.16. The van der Waals surface area contributed by atoms with Crippen LogP contribution in [0.15, 0.2) is 11.0 Å². The molecule has 0 atom stereocenters. The molecule has 7 heteroatoms. The van der Waals surface area contributed by atoms with Gasteiger partial charge >= 0.3 is 11.9 Å². The topological polar surface area (TPSA) is 58.6 Å². The van der Waals surface area contributed by atoms with Gasteiger partial charge in [-0.1, -0.05) is 0 Å². The molecule has 1 N–H and O–H groups in total. The summed E-state index contributed by atoms with van der Waals surface area (Å²) in [5.74, 6) is 0. The Kier molecular flexibility index (Phi) is 1.63. The van der Waals surface area contributed by atoms with Crippen LogP contribution in [0.5, 0.6) is 0 Å². The van der Waals surface area contributed by atoms with Gasteiger partial charge in [-0.05, 0) is 0 Å². The second-order valence-corrected chi connectivity index (χ2v) is 1.67. The monoisotopic (exact) mass is 165 g/mol. The lowest BCUT2D eigenvalue weighted by molar-refractivity contribution is -0.141. The van der Waals surface area contributed by atoms with Crippen molar-refractivity contribution in [2.75, 3.05) is 0 Å². The molecule has 0 aliphatic heterocycles. The Morgan fingerprint density at radius 2 is 2.09 bits per heavy atom. The summed E-state index contributed by atoms with van der Waals surface area (Å²) in [5.41, 5.74) is -2.40. The van der Waals surface area contributed by atoms with Gasteiger partial charge in [0.15, 0.2) is 5.69 Å². The molecule has 0 fully saturated rings. The number of H-pyrrole nitrogens is 1. The van der Waals surface area contributed by atoms with Crippen LogP contribution in [0.4, 0.5) is 13.2 Å². The van der Waals surface area contributed by atoms with E-state index in [1.54, 1.807) is 5.10 Å². The van der Waals surface area contributed by atoms with Gasteiger partial charge in [0.2, 0.25) is 0 Å². The lowest BCUT2D eigenvalue weighted by Crippen LogP contribution is -2.19. The molecule has 0 bridgehead atoms. The Labute approximate surface area is 58.1 Å². The van der Waals surface area contributed by atoms with E-state index in [9.17, 15) is 18.0 Å².